The fourth-order valence-electron chi connectivity index (χ4n) is 2.48. The maximum absolute atomic E-state index is 11.5. The van der Waals surface area contributed by atoms with Gasteiger partial charge in [0.15, 0.2) is 0 Å². The van der Waals surface area contributed by atoms with E-state index in [4.69, 9.17) is 4.74 Å². The van der Waals surface area contributed by atoms with Gasteiger partial charge in [-0.3, -0.25) is 4.79 Å². The molecule has 0 radical (unpaired) electrons. The Bertz CT molecular complexity index is 248. The summed E-state index contributed by atoms with van der Waals surface area (Å²) in [5, 5.41) is 19.6. The highest BCUT2D eigenvalue weighted by Crippen LogP contribution is 2.52. The van der Waals surface area contributed by atoms with Crippen molar-refractivity contribution in [2.75, 3.05) is 6.61 Å². The van der Waals surface area contributed by atoms with Crippen molar-refractivity contribution < 1.29 is 19.7 Å². The fourth-order valence-corrected chi connectivity index (χ4v) is 2.48. The Kier molecular flexibility index (Phi) is 1.69. The minimum absolute atomic E-state index is 0.353. The quantitative estimate of drug-likeness (QED) is 0.515. The summed E-state index contributed by atoms with van der Waals surface area (Å²) in [6.45, 7) is 1.89. The van der Waals surface area contributed by atoms with Crippen LogP contribution in [0.2, 0.25) is 0 Å². The molecule has 2 N–H and O–H groups in total. The zero-order valence-corrected chi connectivity index (χ0v) is 7.62. The lowest BCUT2D eigenvalue weighted by atomic mass is 9.73. The molecule has 1 aliphatic carbocycles. The van der Waals surface area contributed by atoms with E-state index in [-0.39, 0.29) is 5.97 Å². The van der Waals surface area contributed by atoms with E-state index in [1.807, 2.05) is 0 Å². The standard InChI is InChI=1S/C9H14O4/c1-8(12)6(10)2-3-9(8)4-5-13-7(9)11/h6,10,12H,2-5H2,1H3/t6-,8-,9-/m1/s1. The van der Waals surface area contributed by atoms with E-state index in [0.717, 1.165) is 0 Å². The molecule has 0 aromatic heterocycles. The summed E-state index contributed by atoms with van der Waals surface area (Å²) in [4.78, 5) is 11.5. The van der Waals surface area contributed by atoms with E-state index in [9.17, 15) is 15.0 Å². The number of cyclic esters (lactones) is 1. The molecule has 1 saturated carbocycles. The lowest BCUT2D eigenvalue weighted by molar-refractivity contribution is -0.163. The third-order valence-corrected chi connectivity index (χ3v) is 3.62. The van der Waals surface area contributed by atoms with E-state index in [2.05, 4.69) is 0 Å². The van der Waals surface area contributed by atoms with E-state index < -0.39 is 17.1 Å². The first-order valence-corrected chi connectivity index (χ1v) is 4.58. The van der Waals surface area contributed by atoms with Gasteiger partial charge in [-0.25, -0.2) is 0 Å². The van der Waals surface area contributed by atoms with Gasteiger partial charge in [0.05, 0.1) is 12.7 Å². The first-order valence-electron chi connectivity index (χ1n) is 4.58. The number of esters is 1. The van der Waals surface area contributed by atoms with E-state index in [0.29, 0.717) is 25.9 Å². The van der Waals surface area contributed by atoms with Crippen LogP contribution in [0.15, 0.2) is 0 Å². The largest absolute Gasteiger partial charge is 0.465 e. The molecule has 0 aromatic carbocycles. The molecule has 3 atom stereocenters. The molecule has 4 heteroatoms. The molecule has 0 unspecified atom stereocenters. The summed E-state index contributed by atoms with van der Waals surface area (Å²) >= 11 is 0. The molecule has 0 aromatic rings. The Hall–Kier alpha value is -0.610. The third kappa shape index (κ3) is 0.901. The van der Waals surface area contributed by atoms with Crippen molar-refractivity contribution >= 4 is 5.97 Å². The third-order valence-electron chi connectivity index (χ3n) is 3.62. The minimum atomic E-state index is -1.32. The Morgan fingerprint density at radius 2 is 2.23 bits per heavy atom. The fraction of sp³-hybridized carbons (Fsp3) is 0.889. The molecule has 2 aliphatic rings. The monoisotopic (exact) mass is 186 g/mol. The second-order valence-corrected chi connectivity index (χ2v) is 4.17. The predicted octanol–water partition coefficient (Wildman–Crippen LogP) is -0.175. The lowest BCUT2D eigenvalue weighted by Crippen LogP contribution is -2.50. The SMILES string of the molecule is C[C@@]1(O)[C@H](O)CC[C@]12CCOC2=O. The van der Waals surface area contributed by atoms with Crippen molar-refractivity contribution in [3.63, 3.8) is 0 Å². The second kappa shape index (κ2) is 2.45. The van der Waals surface area contributed by atoms with Gasteiger partial charge in [-0.1, -0.05) is 0 Å². The van der Waals surface area contributed by atoms with E-state index >= 15 is 0 Å². The number of aliphatic hydroxyl groups is 2. The van der Waals surface area contributed by atoms with Crippen LogP contribution in [0.3, 0.4) is 0 Å². The van der Waals surface area contributed by atoms with Gasteiger partial charge in [0.2, 0.25) is 0 Å². The van der Waals surface area contributed by atoms with Crippen LogP contribution in [0.25, 0.3) is 0 Å². The van der Waals surface area contributed by atoms with Gasteiger partial charge in [0, 0.05) is 6.42 Å². The smallest absolute Gasteiger partial charge is 0.315 e. The number of ether oxygens (including phenoxy) is 1. The summed E-state index contributed by atoms with van der Waals surface area (Å²) in [6.07, 6.45) is 0.719. The van der Waals surface area contributed by atoms with Crippen LogP contribution in [0, 0.1) is 5.41 Å². The molecule has 0 bridgehead atoms. The molecule has 2 rings (SSSR count). The van der Waals surface area contributed by atoms with Crippen molar-refractivity contribution in [3.8, 4) is 0 Å². The Labute approximate surface area is 76.5 Å². The van der Waals surface area contributed by atoms with E-state index in [1.54, 1.807) is 0 Å². The van der Waals surface area contributed by atoms with Crippen LogP contribution < -0.4 is 0 Å². The van der Waals surface area contributed by atoms with Gasteiger partial charge in [0.25, 0.3) is 0 Å². The highest BCUT2D eigenvalue weighted by atomic mass is 16.5. The Balaban J connectivity index is 2.38. The lowest BCUT2D eigenvalue weighted by Gasteiger charge is -2.34. The Morgan fingerprint density at radius 1 is 1.54 bits per heavy atom. The van der Waals surface area contributed by atoms with Crippen molar-refractivity contribution in [2.45, 2.75) is 37.9 Å². The molecule has 1 aliphatic heterocycles. The topological polar surface area (TPSA) is 66.8 Å². The molecule has 1 heterocycles. The normalized spacial score (nSPS) is 50.1. The Morgan fingerprint density at radius 3 is 2.62 bits per heavy atom. The first kappa shape index (κ1) is 8.97. The second-order valence-electron chi connectivity index (χ2n) is 4.17. The maximum Gasteiger partial charge on any atom is 0.315 e. The predicted molar refractivity (Wildman–Crippen MR) is 43.9 cm³/mol. The van der Waals surface area contributed by atoms with Crippen molar-refractivity contribution in [3.05, 3.63) is 0 Å². The zero-order valence-electron chi connectivity index (χ0n) is 7.62. The zero-order chi connectivity index (χ0) is 9.69. The number of carbonyl (C=O) groups is 1. The van der Waals surface area contributed by atoms with Crippen LogP contribution in [-0.4, -0.2) is 34.5 Å². The van der Waals surface area contributed by atoms with Gasteiger partial charge in [0.1, 0.15) is 11.0 Å². The first-order chi connectivity index (χ1) is 6.01. The van der Waals surface area contributed by atoms with Gasteiger partial charge in [-0.15, -0.1) is 0 Å². The van der Waals surface area contributed by atoms with Gasteiger partial charge in [-0.05, 0) is 19.8 Å². The summed E-state index contributed by atoms with van der Waals surface area (Å²) in [6, 6.07) is 0. The maximum atomic E-state index is 11.5. The number of hydrogen-bond acceptors (Lipinski definition) is 4. The minimum Gasteiger partial charge on any atom is -0.465 e. The van der Waals surface area contributed by atoms with Gasteiger partial charge < -0.3 is 14.9 Å². The highest BCUT2D eigenvalue weighted by molar-refractivity contribution is 5.81. The highest BCUT2D eigenvalue weighted by Gasteiger charge is 2.63. The van der Waals surface area contributed by atoms with Crippen molar-refractivity contribution in [1.29, 1.82) is 0 Å². The van der Waals surface area contributed by atoms with Crippen LogP contribution in [0.4, 0.5) is 0 Å². The number of carbonyl (C=O) groups excluding carboxylic acids is 1. The average Bonchev–Trinajstić information content (AvgIpc) is 2.52. The molecule has 1 spiro atoms. The van der Waals surface area contributed by atoms with Crippen LogP contribution in [-0.2, 0) is 9.53 Å². The molecule has 13 heavy (non-hydrogen) atoms. The van der Waals surface area contributed by atoms with Crippen molar-refractivity contribution in [1.82, 2.24) is 0 Å². The summed E-state index contributed by atoms with van der Waals surface area (Å²) in [5.41, 5.74) is -2.16. The van der Waals surface area contributed by atoms with Crippen molar-refractivity contribution in [2.24, 2.45) is 5.41 Å². The molecular weight excluding hydrogens is 172 g/mol. The molecule has 4 nitrogen and oxygen atoms in total. The molecule has 74 valence electrons. The summed E-state index contributed by atoms with van der Waals surface area (Å²) in [5.74, 6) is -0.353. The van der Waals surface area contributed by atoms with Gasteiger partial charge >= 0.3 is 5.97 Å². The number of rotatable bonds is 0. The molecular formula is C9H14O4. The number of hydrogen-bond donors (Lipinski definition) is 2. The summed E-state index contributed by atoms with van der Waals surface area (Å²) < 4.78 is 4.86. The van der Waals surface area contributed by atoms with Gasteiger partial charge in [-0.2, -0.15) is 0 Å². The van der Waals surface area contributed by atoms with Crippen LogP contribution in [0.5, 0.6) is 0 Å². The molecule has 1 saturated heterocycles. The molecule has 2 fully saturated rings. The van der Waals surface area contributed by atoms with E-state index in [1.165, 1.54) is 6.92 Å². The van der Waals surface area contributed by atoms with Crippen LogP contribution in [0.1, 0.15) is 26.2 Å². The summed E-state index contributed by atoms with van der Waals surface area (Å²) in [7, 11) is 0. The van der Waals surface area contributed by atoms with Crippen LogP contribution >= 0.6 is 0 Å². The average molecular weight is 186 g/mol. The molecule has 0 amide bonds. The number of aliphatic hydroxyl groups excluding tert-OH is 1.